The van der Waals surface area contributed by atoms with Crippen molar-refractivity contribution in [3.05, 3.63) is 28.2 Å². The molecule has 0 bridgehead atoms. The Bertz CT molecular complexity index is 370. The Labute approximate surface area is 106 Å². The predicted molar refractivity (Wildman–Crippen MR) is 68.3 cm³/mol. The normalized spacial score (nSPS) is 25.4. The van der Waals surface area contributed by atoms with Gasteiger partial charge in [0.25, 0.3) is 0 Å². The second-order valence-electron chi connectivity index (χ2n) is 4.23. The minimum absolute atomic E-state index is 0.104. The van der Waals surface area contributed by atoms with E-state index >= 15 is 0 Å². The molecule has 1 fully saturated rings. The minimum atomic E-state index is -0.277. The third-order valence-corrected chi connectivity index (χ3v) is 3.55. The molecule has 0 amide bonds. The van der Waals surface area contributed by atoms with Crippen molar-refractivity contribution in [3.8, 4) is 0 Å². The molecule has 0 spiro atoms. The molecule has 2 rings (SSSR count). The number of rotatable bonds is 2. The van der Waals surface area contributed by atoms with Crippen LogP contribution in [0.1, 0.15) is 25.7 Å². The molecule has 0 radical (unpaired) electrons. The molecule has 1 aromatic carbocycles. The van der Waals surface area contributed by atoms with Crippen LogP contribution in [-0.4, -0.2) is 17.3 Å². The molecule has 0 heterocycles. The first-order valence-corrected chi connectivity index (χ1v) is 6.32. The lowest BCUT2D eigenvalue weighted by Gasteiger charge is -2.29. The van der Waals surface area contributed by atoms with Gasteiger partial charge < -0.3 is 10.4 Å². The van der Waals surface area contributed by atoms with Crippen molar-refractivity contribution >= 4 is 28.9 Å². The predicted octanol–water partition coefficient (Wildman–Crippen LogP) is 3.71. The van der Waals surface area contributed by atoms with Crippen molar-refractivity contribution in [1.82, 2.24) is 0 Å². The zero-order valence-electron chi connectivity index (χ0n) is 8.92. The lowest BCUT2D eigenvalue weighted by atomic mass is 9.92. The molecule has 16 heavy (non-hydrogen) atoms. The van der Waals surface area contributed by atoms with Crippen LogP contribution in [0.5, 0.6) is 0 Å². The maximum absolute atomic E-state index is 9.84. The molecular formula is C12H15Cl2NO. The van der Waals surface area contributed by atoms with Gasteiger partial charge in [0.2, 0.25) is 0 Å². The van der Waals surface area contributed by atoms with Gasteiger partial charge in [0.15, 0.2) is 0 Å². The van der Waals surface area contributed by atoms with Gasteiger partial charge in [0, 0.05) is 5.02 Å². The summed E-state index contributed by atoms with van der Waals surface area (Å²) in [4.78, 5) is 0. The fourth-order valence-corrected chi connectivity index (χ4v) is 2.55. The van der Waals surface area contributed by atoms with Crippen molar-refractivity contribution in [3.63, 3.8) is 0 Å². The maximum atomic E-state index is 9.84. The summed E-state index contributed by atoms with van der Waals surface area (Å²) in [5.41, 5.74) is 0.844. The summed E-state index contributed by atoms with van der Waals surface area (Å²) in [6, 6.07) is 5.46. The highest BCUT2D eigenvalue weighted by molar-refractivity contribution is 6.36. The van der Waals surface area contributed by atoms with Gasteiger partial charge in [-0.1, -0.05) is 36.0 Å². The van der Waals surface area contributed by atoms with E-state index in [-0.39, 0.29) is 12.1 Å². The molecule has 88 valence electrons. The third kappa shape index (κ3) is 2.82. The van der Waals surface area contributed by atoms with Gasteiger partial charge in [-0.2, -0.15) is 0 Å². The summed E-state index contributed by atoms with van der Waals surface area (Å²) >= 11 is 11.9. The fraction of sp³-hybridized carbons (Fsp3) is 0.500. The molecule has 0 unspecified atom stereocenters. The van der Waals surface area contributed by atoms with E-state index in [0.29, 0.717) is 10.0 Å². The van der Waals surface area contributed by atoms with Crippen LogP contribution in [0.15, 0.2) is 18.2 Å². The summed E-state index contributed by atoms with van der Waals surface area (Å²) in [6.07, 6.45) is 3.83. The lowest BCUT2D eigenvalue weighted by molar-refractivity contribution is 0.116. The van der Waals surface area contributed by atoms with Crippen LogP contribution in [0.25, 0.3) is 0 Å². The van der Waals surface area contributed by atoms with E-state index in [0.717, 1.165) is 31.4 Å². The van der Waals surface area contributed by atoms with Gasteiger partial charge in [-0.05, 0) is 31.0 Å². The van der Waals surface area contributed by atoms with Gasteiger partial charge in [-0.3, -0.25) is 0 Å². The van der Waals surface area contributed by atoms with Crippen LogP contribution in [0, 0.1) is 0 Å². The largest absolute Gasteiger partial charge is 0.391 e. The van der Waals surface area contributed by atoms with Crippen molar-refractivity contribution in [2.45, 2.75) is 37.8 Å². The molecule has 1 aliphatic rings. The maximum Gasteiger partial charge on any atom is 0.0741 e. The zero-order chi connectivity index (χ0) is 11.5. The standard InChI is InChI=1S/C12H15Cl2NO/c13-8-5-6-10(9(14)7-8)15-11-3-1-2-4-12(11)16/h5-7,11-12,15-16H,1-4H2/t11-,12-/m0/s1. The van der Waals surface area contributed by atoms with E-state index in [1.807, 2.05) is 6.07 Å². The van der Waals surface area contributed by atoms with Crippen molar-refractivity contribution in [1.29, 1.82) is 0 Å². The van der Waals surface area contributed by atoms with E-state index in [1.54, 1.807) is 12.1 Å². The lowest BCUT2D eigenvalue weighted by Crippen LogP contribution is -2.36. The number of nitrogens with one attached hydrogen (secondary N) is 1. The molecule has 2 atom stereocenters. The van der Waals surface area contributed by atoms with Crippen LogP contribution < -0.4 is 5.32 Å². The van der Waals surface area contributed by atoms with Crippen molar-refractivity contribution in [2.24, 2.45) is 0 Å². The van der Waals surface area contributed by atoms with Gasteiger partial charge in [-0.15, -0.1) is 0 Å². The summed E-state index contributed by atoms with van der Waals surface area (Å²) in [7, 11) is 0. The first-order chi connectivity index (χ1) is 7.66. The zero-order valence-corrected chi connectivity index (χ0v) is 10.4. The van der Waals surface area contributed by atoms with E-state index in [9.17, 15) is 5.11 Å². The van der Waals surface area contributed by atoms with E-state index in [4.69, 9.17) is 23.2 Å². The van der Waals surface area contributed by atoms with E-state index in [2.05, 4.69) is 5.32 Å². The number of benzene rings is 1. The molecule has 0 aromatic heterocycles. The Morgan fingerprint density at radius 3 is 2.62 bits per heavy atom. The van der Waals surface area contributed by atoms with Gasteiger partial charge in [0.1, 0.15) is 0 Å². The summed E-state index contributed by atoms with van der Waals surface area (Å²) in [5, 5.41) is 14.4. The molecule has 1 aliphatic carbocycles. The second-order valence-corrected chi connectivity index (χ2v) is 5.07. The van der Waals surface area contributed by atoms with E-state index in [1.165, 1.54) is 0 Å². The molecule has 1 saturated carbocycles. The van der Waals surface area contributed by atoms with Gasteiger partial charge in [-0.25, -0.2) is 0 Å². The smallest absolute Gasteiger partial charge is 0.0741 e. The number of anilines is 1. The Morgan fingerprint density at radius 2 is 1.94 bits per heavy atom. The Balaban J connectivity index is 2.07. The Hall–Kier alpha value is -0.440. The van der Waals surface area contributed by atoms with Crippen molar-refractivity contribution < 1.29 is 5.11 Å². The first kappa shape index (κ1) is 12.0. The second kappa shape index (κ2) is 5.26. The average Bonchev–Trinajstić information content (AvgIpc) is 2.25. The number of hydrogen-bond donors (Lipinski definition) is 2. The molecule has 2 nitrogen and oxygen atoms in total. The minimum Gasteiger partial charge on any atom is -0.391 e. The number of hydrogen-bond acceptors (Lipinski definition) is 2. The average molecular weight is 260 g/mol. The SMILES string of the molecule is O[C@H]1CCCC[C@@H]1Nc1ccc(Cl)cc1Cl. The molecule has 2 N–H and O–H groups in total. The fourth-order valence-electron chi connectivity index (χ4n) is 2.09. The number of halogens is 2. The number of aliphatic hydroxyl groups excluding tert-OH is 1. The van der Waals surface area contributed by atoms with Gasteiger partial charge >= 0.3 is 0 Å². The molecule has 0 aliphatic heterocycles. The first-order valence-electron chi connectivity index (χ1n) is 5.56. The highest BCUT2D eigenvalue weighted by atomic mass is 35.5. The Kier molecular flexibility index (Phi) is 3.95. The summed E-state index contributed by atoms with van der Waals surface area (Å²) < 4.78 is 0. The third-order valence-electron chi connectivity index (χ3n) is 3.00. The van der Waals surface area contributed by atoms with Crippen LogP contribution in [-0.2, 0) is 0 Å². The highest BCUT2D eigenvalue weighted by Crippen LogP contribution is 2.29. The Morgan fingerprint density at radius 1 is 1.19 bits per heavy atom. The topological polar surface area (TPSA) is 32.3 Å². The van der Waals surface area contributed by atoms with Crippen molar-refractivity contribution in [2.75, 3.05) is 5.32 Å². The van der Waals surface area contributed by atoms with Crippen LogP contribution in [0.2, 0.25) is 10.0 Å². The summed E-state index contributed by atoms with van der Waals surface area (Å²) in [6.45, 7) is 0. The monoisotopic (exact) mass is 259 g/mol. The highest BCUT2D eigenvalue weighted by Gasteiger charge is 2.23. The molecule has 4 heteroatoms. The molecule has 0 saturated heterocycles. The number of aliphatic hydroxyl groups is 1. The van der Waals surface area contributed by atoms with Crippen LogP contribution >= 0.6 is 23.2 Å². The van der Waals surface area contributed by atoms with Crippen LogP contribution in [0.3, 0.4) is 0 Å². The van der Waals surface area contributed by atoms with Crippen LogP contribution in [0.4, 0.5) is 5.69 Å². The quantitative estimate of drug-likeness (QED) is 0.849. The molecular weight excluding hydrogens is 245 g/mol. The van der Waals surface area contributed by atoms with Gasteiger partial charge in [0.05, 0.1) is 22.9 Å². The molecule has 1 aromatic rings. The van der Waals surface area contributed by atoms with E-state index < -0.39 is 0 Å². The summed E-state index contributed by atoms with van der Waals surface area (Å²) in [5.74, 6) is 0.